The van der Waals surface area contributed by atoms with E-state index < -0.39 is 5.97 Å². The van der Waals surface area contributed by atoms with Crippen molar-refractivity contribution in [3.8, 4) is 17.7 Å². The van der Waals surface area contributed by atoms with Crippen LogP contribution in [0.3, 0.4) is 0 Å². The summed E-state index contributed by atoms with van der Waals surface area (Å²) in [7, 11) is 4.16. The smallest absolute Gasteiger partial charge is 0.360 e. The Kier molecular flexibility index (Phi) is 3.69. The van der Waals surface area contributed by atoms with Crippen LogP contribution in [0.2, 0.25) is 0 Å². The van der Waals surface area contributed by atoms with Gasteiger partial charge in [0.1, 0.15) is 0 Å². The Labute approximate surface area is 114 Å². The van der Waals surface area contributed by atoms with E-state index >= 15 is 0 Å². The molecule has 2 aromatic rings. The summed E-state index contributed by atoms with van der Waals surface area (Å²) in [5.41, 5.74) is 5.83. The minimum Gasteiger partial charge on any atom is -0.481 e. The SMILES string of the molecule is COC(=O)c1nn(-c2nc(OC)cc(OC)n2)cc1N. The molecule has 20 heavy (non-hydrogen) atoms. The van der Waals surface area contributed by atoms with Crippen LogP contribution in [-0.2, 0) is 4.74 Å². The van der Waals surface area contributed by atoms with Gasteiger partial charge < -0.3 is 19.9 Å². The lowest BCUT2D eigenvalue weighted by Crippen LogP contribution is -2.08. The number of rotatable bonds is 4. The van der Waals surface area contributed by atoms with Gasteiger partial charge in [-0.05, 0) is 0 Å². The topological polar surface area (TPSA) is 114 Å². The van der Waals surface area contributed by atoms with Gasteiger partial charge in [0.05, 0.1) is 39.3 Å². The number of nitrogens with zero attached hydrogens (tertiary/aromatic N) is 4. The fourth-order valence-electron chi connectivity index (χ4n) is 1.45. The number of nitrogens with two attached hydrogens (primary N) is 1. The Morgan fingerprint density at radius 3 is 2.30 bits per heavy atom. The number of methoxy groups -OCH3 is 3. The monoisotopic (exact) mass is 279 g/mol. The Bertz CT molecular complexity index is 617. The van der Waals surface area contributed by atoms with Gasteiger partial charge in [-0.3, -0.25) is 0 Å². The van der Waals surface area contributed by atoms with E-state index in [9.17, 15) is 4.79 Å². The van der Waals surface area contributed by atoms with Crippen LogP contribution in [0.1, 0.15) is 10.5 Å². The van der Waals surface area contributed by atoms with Crippen LogP contribution in [0.4, 0.5) is 5.69 Å². The first-order valence-electron chi connectivity index (χ1n) is 5.50. The van der Waals surface area contributed by atoms with E-state index in [1.807, 2.05) is 0 Å². The van der Waals surface area contributed by atoms with E-state index in [0.29, 0.717) is 11.8 Å². The second-order valence-corrected chi connectivity index (χ2v) is 3.62. The minimum absolute atomic E-state index is 0.0158. The molecule has 2 N–H and O–H groups in total. The summed E-state index contributed by atoms with van der Waals surface area (Å²) in [5.74, 6) is 0.0974. The lowest BCUT2D eigenvalue weighted by Gasteiger charge is -2.05. The predicted molar refractivity (Wildman–Crippen MR) is 68.0 cm³/mol. The summed E-state index contributed by atoms with van der Waals surface area (Å²) in [5, 5.41) is 3.98. The van der Waals surface area contributed by atoms with Crippen LogP contribution in [0.25, 0.3) is 5.95 Å². The molecule has 0 aliphatic heterocycles. The molecule has 0 radical (unpaired) electrons. The zero-order chi connectivity index (χ0) is 14.7. The molecule has 2 rings (SSSR count). The number of carbonyl (C=O) groups excluding carboxylic acids is 1. The molecule has 2 heterocycles. The number of hydrogen-bond acceptors (Lipinski definition) is 8. The fourth-order valence-corrected chi connectivity index (χ4v) is 1.45. The first kappa shape index (κ1) is 13.6. The Balaban J connectivity index is 2.48. The van der Waals surface area contributed by atoms with Crippen LogP contribution < -0.4 is 15.2 Å². The zero-order valence-corrected chi connectivity index (χ0v) is 11.2. The number of anilines is 1. The van der Waals surface area contributed by atoms with Crippen molar-refractivity contribution in [1.82, 2.24) is 19.7 Å². The summed E-state index contributed by atoms with van der Waals surface area (Å²) >= 11 is 0. The van der Waals surface area contributed by atoms with Gasteiger partial charge in [0.15, 0.2) is 5.69 Å². The molecule has 0 aromatic carbocycles. The lowest BCUT2D eigenvalue weighted by molar-refractivity contribution is 0.0594. The molecule has 0 saturated carbocycles. The summed E-state index contributed by atoms with van der Waals surface area (Å²) in [6.45, 7) is 0. The summed E-state index contributed by atoms with van der Waals surface area (Å²) in [4.78, 5) is 19.6. The number of aromatic nitrogens is 4. The quantitative estimate of drug-likeness (QED) is 0.780. The first-order chi connectivity index (χ1) is 9.58. The highest BCUT2D eigenvalue weighted by Crippen LogP contribution is 2.18. The third-order valence-electron chi connectivity index (χ3n) is 2.41. The van der Waals surface area contributed by atoms with Gasteiger partial charge in [-0.1, -0.05) is 0 Å². The van der Waals surface area contributed by atoms with E-state index in [1.54, 1.807) is 0 Å². The Morgan fingerprint density at radius 1 is 1.20 bits per heavy atom. The number of ether oxygens (including phenoxy) is 3. The predicted octanol–water partition coefficient (Wildman–Crippen LogP) is 0.0483. The van der Waals surface area contributed by atoms with Gasteiger partial charge >= 0.3 is 5.97 Å². The van der Waals surface area contributed by atoms with Gasteiger partial charge in [-0.2, -0.15) is 15.1 Å². The van der Waals surface area contributed by atoms with Crippen molar-refractivity contribution < 1.29 is 19.0 Å². The maximum absolute atomic E-state index is 11.5. The molecular weight excluding hydrogens is 266 g/mol. The molecule has 0 amide bonds. The first-order valence-corrected chi connectivity index (χ1v) is 5.50. The number of esters is 1. The van der Waals surface area contributed by atoms with E-state index in [1.165, 1.54) is 38.3 Å². The minimum atomic E-state index is -0.642. The van der Waals surface area contributed by atoms with Crippen molar-refractivity contribution in [2.75, 3.05) is 27.1 Å². The summed E-state index contributed by atoms with van der Waals surface area (Å²) < 4.78 is 15.9. The molecule has 0 aliphatic rings. The highest BCUT2D eigenvalue weighted by molar-refractivity contribution is 5.92. The Hall–Kier alpha value is -2.84. The van der Waals surface area contributed by atoms with Crippen molar-refractivity contribution in [2.45, 2.75) is 0 Å². The zero-order valence-electron chi connectivity index (χ0n) is 11.2. The Morgan fingerprint density at radius 2 is 1.80 bits per heavy atom. The van der Waals surface area contributed by atoms with Crippen molar-refractivity contribution >= 4 is 11.7 Å². The second-order valence-electron chi connectivity index (χ2n) is 3.62. The number of hydrogen-bond donors (Lipinski definition) is 1. The van der Waals surface area contributed by atoms with Gasteiger partial charge in [0, 0.05) is 0 Å². The number of carbonyl (C=O) groups is 1. The van der Waals surface area contributed by atoms with Crippen molar-refractivity contribution in [3.05, 3.63) is 18.0 Å². The standard InChI is InChI=1S/C11H13N5O4/c1-18-7-4-8(19-2)14-11(13-7)16-5-6(12)9(15-16)10(17)20-3/h4-5H,12H2,1-3H3. The maximum Gasteiger partial charge on any atom is 0.360 e. The lowest BCUT2D eigenvalue weighted by atomic mass is 10.4. The van der Waals surface area contributed by atoms with Gasteiger partial charge in [-0.25, -0.2) is 9.48 Å². The highest BCUT2D eigenvalue weighted by atomic mass is 16.5. The van der Waals surface area contributed by atoms with E-state index in [4.69, 9.17) is 15.2 Å². The van der Waals surface area contributed by atoms with Gasteiger partial charge in [0.25, 0.3) is 5.95 Å². The molecule has 9 nitrogen and oxygen atoms in total. The number of nitrogen functional groups attached to an aromatic ring is 1. The molecule has 2 aromatic heterocycles. The van der Waals surface area contributed by atoms with E-state index in [-0.39, 0.29) is 17.3 Å². The average molecular weight is 279 g/mol. The molecular formula is C11H13N5O4. The van der Waals surface area contributed by atoms with Crippen molar-refractivity contribution in [2.24, 2.45) is 0 Å². The van der Waals surface area contributed by atoms with Crippen LogP contribution in [0, 0.1) is 0 Å². The molecule has 9 heteroatoms. The summed E-state index contributed by atoms with van der Waals surface area (Å²) in [6, 6.07) is 1.51. The third kappa shape index (κ3) is 2.46. The molecule has 0 aliphatic carbocycles. The van der Waals surface area contributed by atoms with Crippen LogP contribution >= 0.6 is 0 Å². The summed E-state index contributed by atoms with van der Waals surface area (Å²) in [6.07, 6.45) is 1.40. The van der Waals surface area contributed by atoms with Gasteiger partial charge in [0.2, 0.25) is 11.8 Å². The molecule has 0 saturated heterocycles. The third-order valence-corrected chi connectivity index (χ3v) is 2.41. The average Bonchev–Trinajstić information content (AvgIpc) is 2.87. The fraction of sp³-hybridized carbons (Fsp3) is 0.273. The molecule has 0 fully saturated rings. The van der Waals surface area contributed by atoms with E-state index in [0.717, 1.165) is 0 Å². The van der Waals surface area contributed by atoms with Crippen molar-refractivity contribution in [3.63, 3.8) is 0 Å². The molecule has 0 unspecified atom stereocenters. The normalized spacial score (nSPS) is 10.2. The molecule has 106 valence electrons. The second kappa shape index (κ2) is 5.43. The molecule has 0 atom stereocenters. The maximum atomic E-state index is 11.5. The largest absolute Gasteiger partial charge is 0.481 e. The molecule has 0 bridgehead atoms. The van der Waals surface area contributed by atoms with Gasteiger partial charge in [-0.15, -0.1) is 0 Å². The van der Waals surface area contributed by atoms with Crippen LogP contribution in [0.5, 0.6) is 11.8 Å². The van der Waals surface area contributed by atoms with Crippen LogP contribution in [-0.4, -0.2) is 47.0 Å². The van der Waals surface area contributed by atoms with E-state index in [2.05, 4.69) is 19.8 Å². The van der Waals surface area contributed by atoms with Crippen molar-refractivity contribution in [1.29, 1.82) is 0 Å². The van der Waals surface area contributed by atoms with Crippen LogP contribution in [0.15, 0.2) is 12.3 Å². The molecule has 0 spiro atoms. The highest BCUT2D eigenvalue weighted by Gasteiger charge is 2.17.